The van der Waals surface area contributed by atoms with Gasteiger partial charge in [-0.1, -0.05) is 17.7 Å². The lowest BCUT2D eigenvalue weighted by Crippen LogP contribution is -2.02. The minimum Gasteiger partial charge on any atom is -0.264 e. The molecule has 3 heterocycles. The number of halogens is 1. The number of aromatic nitrogens is 5. The third-order valence-electron chi connectivity index (χ3n) is 2.37. The van der Waals surface area contributed by atoms with Crippen molar-refractivity contribution in [3.63, 3.8) is 0 Å². The van der Waals surface area contributed by atoms with Crippen molar-refractivity contribution < 1.29 is 0 Å². The Morgan fingerprint density at radius 3 is 3.00 bits per heavy atom. The Hall–Kier alpha value is -2.01. The lowest BCUT2D eigenvalue weighted by atomic mass is 10.3. The molecule has 0 N–H and O–H groups in total. The Morgan fingerprint density at radius 2 is 2.18 bits per heavy atom. The minimum absolute atomic E-state index is 0.366. The fourth-order valence-corrected chi connectivity index (χ4v) is 1.74. The van der Waals surface area contributed by atoms with Crippen LogP contribution in [0.15, 0.2) is 36.9 Å². The van der Waals surface area contributed by atoms with E-state index in [0.717, 1.165) is 11.1 Å². The molecule has 0 atom stereocenters. The molecular formula is C11H8ClN5. The maximum Gasteiger partial charge on any atom is 0.178 e. The van der Waals surface area contributed by atoms with Gasteiger partial charge in [-0.2, -0.15) is 5.10 Å². The highest BCUT2D eigenvalue weighted by atomic mass is 35.5. The first kappa shape index (κ1) is 10.2. The number of fused-ring (bicyclic) bond motifs is 1. The molecule has 3 rings (SSSR count). The Labute approximate surface area is 102 Å². The van der Waals surface area contributed by atoms with Crippen LogP contribution in [0.5, 0.6) is 0 Å². The smallest absolute Gasteiger partial charge is 0.178 e. The first-order chi connectivity index (χ1) is 8.33. The third kappa shape index (κ3) is 1.97. The van der Waals surface area contributed by atoms with Crippen LogP contribution in [0.1, 0.15) is 5.56 Å². The van der Waals surface area contributed by atoms with Crippen molar-refractivity contribution in [1.29, 1.82) is 0 Å². The molecule has 84 valence electrons. The second kappa shape index (κ2) is 4.10. The maximum absolute atomic E-state index is 5.82. The van der Waals surface area contributed by atoms with Crippen molar-refractivity contribution >= 4 is 22.8 Å². The largest absolute Gasteiger partial charge is 0.264 e. The highest BCUT2D eigenvalue weighted by Gasteiger charge is 2.06. The monoisotopic (exact) mass is 245 g/mol. The molecule has 0 bridgehead atoms. The van der Waals surface area contributed by atoms with Gasteiger partial charge in [0.25, 0.3) is 0 Å². The lowest BCUT2D eigenvalue weighted by molar-refractivity contribution is 0.702. The zero-order chi connectivity index (χ0) is 11.7. The summed E-state index contributed by atoms with van der Waals surface area (Å²) in [6.45, 7) is 0.604. The average molecular weight is 246 g/mol. The highest BCUT2D eigenvalue weighted by Crippen LogP contribution is 2.13. The highest BCUT2D eigenvalue weighted by molar-refractivity contribution is 6.29. The molecule has 6 heteroatoms. The van der Waals surface area contributed by atoms with E-state index in [1.54, 1.807) is 23.3 Å². The molecule has 0 radical (unpaired) electrons. The number of rotatable bonds is 2. The minimum atomic E-state index is 0.366. The maximum atomic E-state index is 5.82. The van der Waals surface area contributed by atoms with E-state index in [1.165, 1.54) is 6.20 Å². The van der Waals surface area contributed by atoms with Gasteiger partial charge >= 0.3 is 0 Å². The summed E-state index contributed by atoms with van der Waals surface area (Å²) >= 11 is 5.82. The summed E-state index contributed by atoms with van der Waals surface area (Å²) in [5.74, 6) is 0. The molecule has 0 fully saturated rings. The van der Waals surface area contributed by atoms with Crippen molar-refractivity contribution in [2.24, 2.45) is 0 Å². The fourth-order valence-electron chi connectivity index (χ4n) is 1.61. The number of hydrogen-bond acceptors (Lipinski definition) is 4. The number of hydrogen-bond donors (Lipinski definition) is 0. The second-order valence-electron chi connectivity index (χ2n) is 3.57. The first-order valence-corrected chi connectivity index (χ1v) is 5.44. The van der Waals surface area contributed by atoms with Crippen molar-refractivity contribution in [2.45, 2.75) is 6.54 Å². The van der Waals surface area contributed by atoms with Crippen molar-refractivity contribution in [3.8, 4) is 0 Å². The predicted molar refractivity (Wildman–Crippen MR) is 63.7 cm³/mol. The zero-order valence-electron chi connectivity index (χ0n) is 8.79. The van der Waals surface area contributed by atoms with E-state index in [-0.39, 0.29) is 0 Å². The summed E-state index contributed by atoms with van der Waals surface area (Å²) in [7, 11) is 0. The summed E-state index contributed by atoms with van der Waals surface area (Å²) in [6.07, 6.45) is 6.72. The van der Waals surface area contributed by atoms with Crippen LogP contribution < -0.4 is 0 Å². The van der Waals surface area contributed by atoms with Crippen molar-refractivity contribution in [1.82, 2.24) is 24.7 Å². The van der Waals surface area contributed by atoms with Crippen molar-refractivity contribution in [3.05, 3.63) is 47.6 Å². The SMILES string of the molecule is Clc1cnc2cnn(Cc3cccnc3)c2n1. The van der Waals surface area contributed by atoms with Gasteiger partial charge in [-0.25, -0.2) is 14.6 Å². The quantitative estimate of drug-likeness (QED) is 0.692. The Morgan fingerprint density at radius 1 is 1.24 bits per heavy atom. The van der Waals surface area contributed by atoms with E-state index in [2.05, 4.69) is 20.1 Å². The molecule has 0 saturated heterocycles. The summed E-state index contributed by atoms with van der Waals surface area (Å²) in [6, 6.07) is 3.87. The Bertz CT molecular complexity index is 649. The summed E-state index contributed by atoms with van der Waals surface area (Å²) < 4.78 is 1.76. The fraction of sp³-hybridized carbons (Fsp3) is 0.0909. The van der Waals surface area contributed by atoms with Gasteiger partial charge in [-0.05, 0) is 11.6 Å². The number of nitrogens with zero attached hydrogens (tertiary/aromatic N) is 5. The van der Waals surface area contributed by atoms with E-state index < -0.39 is 0 Å². The van der Waals surface area contributed by atoms with E-state index in [9.17, 15) is 0 Å². The summed E-state index contributed by atoms with van der Waals surface area (Å²) in [5, 5.41) is 4.60. The van der Waals surface area contributed by atoms with Crippen LogP contribution in [-0.2, 0) is 6.54 Å². The van der Waals surface area contributed by atoms with Gasteiger partial charge in [0.2, 0.25) is 0 Å². The number of pyridine rings is 1. The van der Waals surface area contributed by atoms with Crippen molar-refractivity contribution in [2.75, 3.05) is 0 Å². The molecule has 0 aromatic carbocycles. The van der Waals surface area contributed by atoms with Gasteiger partial charge < -0.3 is 0 Å². The van der Waals surface area contributed by atoms with Gasteiger partial charge in [0.05, 0.1) is 18.9 Å². The van der Waals surface area contributed by atoms with Crippen LogP contribution in [0.4, 0.5) is 0 Å². The molecule has 17 heavy (non-hydrogen) atoms. The van der Waals surface area contributed by atoms with Crippen LogP contribution in [0.3, 0.4) is 0 Å². The van der Waals surface area contributed by atoms with E-state index in [1.807, 2.05) is 12.1 Å². The molecular weight excluding hydrogens is 238 g/mol. The second-order valence-corrected chi connectivity index (χ2v) is 3.95. The van der Waals surface area contributed by atoms with Crippen LogP contribution in [0, 0.1) is 0 Å². The molecule has 0 spiro atoms. The van der Waals surface area contributed by atoms with Crippen LogP contribution in [0.2, 0.25) is 5.15 Å². The zero-order valence-corrected chi connectivity index (χ0v) is 9.54. The molecule has 5 nitrogen and oxygen atoms in total. The van der Waals surface area contributed by atoms with Crippen LogP contribution in [0.25, 0.3) is 11.2 Å². The van der Waals surface area contributed by atoms with Gasteiger partial charge in [0.1, 0.15) is 10.7 Å². The molecule has 3 aromatic heterocycles. The first-order valence-electron chi connectivity index (χ1n) is 5.06. The van der Waals surface area contributed by atoms with E-state index in [0.29, 0.717) is 17.3 Å². The summed E-state index contributed by atoms with van der Waals surface area (Å²) in [4.78, 5) is 12.4. The lowest BCUT2D eigenvalue weighted by Gasteiger charge is -2.02. The Kier molecular flexibility index (Phi) is 2.45. The molecule has 0 aliphatic carbocycles. The standard InChI is InChI=1S/C11H8ClN5/c12-10-6-14-9-5-15-17(11(9)16-10)7-8-2-1-3-13-4-8/h1-6H,7H2. The van der Waals surface area contributed by atoms with Gasteiger partial charge in [0, 0.05) is 12.4 Å². The normalized spacial score (nSPS) is 10.9. The van der Waals surface area contributed by atoms with E-state index in [4.69, 9.17) is 11.6 Å². The van der Waals surface area contributed by atoms with Gasteiger partial charge in [-0.3, -0.25) is 4.98 Å². The molecule has 0 aliphatic heterocycles. The molecule has 0 aliphatic rings. The predicted octanol–water partition coefficient (Wildman–Crippen LogP) is 1.92. The topological polar surface area (TPSA) is 56.5 Å². The third-order valence-corrected chi connectivity index (χ3v) is 2.55. The van der Waals surface area contributed by atoms with E-state index >= 15 is 0 Å². The van der Waals surface area contributed by atoms with Gasteiger partial charge in [0.15, 0.2) is 5.65 Å². The molecule has 3 aromatic rings. The molecule has 0 amide bonds. The summed E-state index contributed by atoms with van der Waals surface area (Å²) in [5.41, 5.74) is 2.47. The average Bonchev–Trinajstić information content (AvgIpc) is 2.73. The molecule has 0 saturated carbocycles. The van der Waals surface area contributed by atoms with Gasteiger partial charge in [-0.15, -0.1) is 0 Å². The van der Waals surface area contributed by atoms with Crippen LogP contribution in [-0.4, -0.2) is 24.7 Å². The molecule has 0 unspecified atom stereocenters. The Balaban J connectivity index is 2.03. The van der Waals surface area contributed by atoms with Crippen LogP contribution >= 0.6 is 11.6 Å².